The number of carbonyl (C=O) groups is 1. The van der Waals surface area contributed by atoms with E-state index in [1.165, 1.54) is 0 Å². The van der Waals surface area contributed by atoms with Crippen molar-refractivity contribution in [2.24, 2.45) is 0 Å². The van der Waals surface area contributed by atoms with Crippen LogP contribution in [0.3, 0.4) is 0 Å². The molecule has 26 heavy (non-hydrogen) atoms. The van der Waals surface area contributed by atoms with Crippen LogP contribution in [0.1, 0.15) is 23.2 Å². The number of rotatable bonds is 4. The van der Waals surface area contributed by atoms with E-state index >= 15 is 0 Å². The summed E-state index contributed by atoms with van der Waals surface area (Å²) in [5, 5.41) is 7.41. The molecule has 1 saturated heterocycles. The lowest BCUT2D eigenvalue weighted by atomic mass is 10.1. The zero-order valence-corrected chi connectivity index (χ0v) is 14.4. The van der Waals surface area contributed by atoms with Crippen molar-refractivity contribution < 1.29 is 9.53 Å². The standard InChI is InChI=1S/C21H21N3O2/c25-21(24-20-10-7-15-3-1-2-4-19(15)23-20)16-5-8-17(9-6-16)22-18-11-13-26-14-12-18/h1-10,18,22H,11-14H2,(H,23,24,25). The normalized spacial score (nSPS) is 14.9. The summed E-state index contributed by atoms with van der Waals surface area (Å²) in [6.07, 6.45) is 2.02. The zero-order chi connectivity index (χ0) is 17.8. The molecule has 2 aromatic carbocycles. The van der Waals surface area contributed by atoms with Gasteiger partial charge in [0, 0.05) is 35.9 Å². The number of para-hydroxylation sites is 1. The average molecular weight is 347 g/mol. The highest BCUT2D eigenvalue weighted by Gasteiger charge is 2.13. The van der Waals surface area contributed by atoms with Gasteiger partial charge in [-0.2, -0.15) is 0 Å². The summed E-state index contributed by atoms with van der Waals surface area (Å²) in [7, 11) is 0. The molecule has 0 bridgehead atoms. The van der Waals surface area contributed by atoms with E-state index in [9.17, 15) is 4.79 Å². The first-order valence-corrected chi connectivity index (χ1v) is 8.89. The Labute approximate surface area is 152 Å². The lowest BCUT2D eigenvalue weighted by Gasteiger charge is -2.24. The van der Waals surface area contributed by atoms with Crippen molar-refractivity contribution in [2.45, 2.75) is 18.9 Å². The molecule has 0 radical (unpaired) electrons. The SMILES string of the molecule is O=C(Nc1ccc2ccccc2n1)c1ccc(NC2CCOCC2)cc1. The van der Waals surface area contributed by atoms with E-state index in [0.717, 1.165) is 42.6 Å². The van der Waals surface area contributed by atoms with Gasteiger partial charge >= 0.3 is 0 Å². The van der Waals surface area contributed by atoms with Gasteiger partial charge in [0.15, 0.2) is 0 Å². The molecule has 4 rings (SSSR count). The Bertz CT molecular complexity index is 903. The monoisotopic (exact) mass is 347 g/mol. The van der Waals surface area contributed by atoms with Gasteiger partial charge in [-0.25, -0.2) is 4.98 Å². The second-order valence-electron chi connectivity index (χ2n) is 6.45. The van der Waals surface area contributed by atoms with Crippen molar-refractivity contribution in [3.05, 3.63) is 66.2 Å². The number of hydrogen-bond acceptors (Lipinski definition) is 4. The molecular formula is C21H21N3O2. The molecule has 0 unspecified atom stereocenters. The third-order valence-corrected chi connectivity index (χ3v) is 4.58. The highest BCUT2D eigenvalue weighted by atomic mass is 16.5. The predicted octanol–water partition coefficient (Wildman–Crippen LogP) is 4.08. The molecule has 2 N–H and O–H groups in total. The Hall–Kier alpha value is -2.92. The molecule has 0 saturated carbocycles. The number of anilines is 2. The minimum Gasteiger partial charge on any atom is -0.382 e. The number of benzene rings is 2. The maximum atomic E-state index is 12.5. The number of carbonyl (C=O) groups excluding carboxylic acids is 1. The Morgan fingerprint density at radius 3 is 2.54 bits per heavy atom. The highest BCUT2D eigenvalue weighted by molar-refractivity contribution is 6.04. The van der Waals surface area contributed by atoms with Crippen molar-refractivity contribution in [3.8, 4) is 0 Å². The van der Waals surface area contributed by atoms with Gasteiger partial charge in [0.05, 0.1) is 5.52 Å². The Morgan fingerprint density at radius 1 is 0.962 bits per heavy atom. The average Bonchev–Trinajstić information content (AvgIpc) is 2.69. The van der Waals surface area contributed by atoms with E-state index < -0.39 is 0 Å². The molecule has 5 nitrogen and oxygen atoms in total. The van der Waals surface area contributed by atoms with Gasteiger partial charge < -0.3 is 15.4 Å². The first-order valence-electron chi connectivity index (χ1n) is 8.89. The third-order valence-electron chi connectivity index (χ3n) is 4.58. The van der Waals surface area contributed by atoms with E-state index in [0.29, 0.717) is 17.4 Å². The molecule has 1 amide bonds. The molecule has 5 heteroatoms. The van der Waals surface area contributed by atoms with Crippen LogP contribution in [0.4, 0.5) is 11.5 Å². The number of nitrogens with one attached hydrogen (secondary N) is 2. The van der Waals surface area contributed by atoms with Crippen LogP contribution in [0.15, 0.2) is 60.7 Å². The van der Waals surface area contributed by atoms with Crippen LogP contribution in [-0.2, 0) is 4.74 Å². The largest absolute Gasteiger partial charge is 0.382 e. The predicted molar refractivity (Wildman–Crippen MR) is 104 cm³/mol. The summed E-state index contributed by atoms with van der Waals surface area (Å²) in [5.41, 5.74) is 2.50. The lowest BCUT2D eigenvalue weighted by molar-refractivity contribution is 0.0904. The van der Waals surface area contributed by atoms with Crippen molar-refractivity contribution in [2.75, 3.05) is 23.8 Å². The van der Waals surface area contributed by atoms with Crippen molar-refractivity contribution in [1.82, 2.24) is 4.98 Å². The Morgan fingerprint density at radius 2 is 1.73 bits per heavy atom. The van der Waals surface area contributed by atoms with E-state index in [4.69, 9.17) is 4.74 Å². The van der Waals surface area contributed by atoms with E-state index in [-0.39, 0.29) is 5.91 Å². The molecule has 0 atom stereocenters. The van der Waals surface area contributed by atoms with Gasteiger partial charge in [-0.3, -0.25) is 4.79 Å². The molecule has 1 aromatic heterocycles. The fraction of sp³-hybridized carbons (Fsp3) is 0.238. The van der Waals surface area contributed by atoms with Crippen LogP contribution in [0.5, 0.6) is 0 Å². The first-order chi connectivity index (χ1) is 12.8. The van der Waals surface area contributed by atoms with E-state index in [1.807, 2.05) is 60.7 Å². The van der Waals surface area contributed by atoms with Crippen molar-refractivity contribution in [1.29, 1.82) is 0 Å². The minimum atomic E-state index is -0.162. The Balaban J connectivity index is 1.42. The molecule has 132 valence electrons. The van der Waals surface area contributed by atoms with E-state index in [1.54, 1.807) is 0 Å². The zero-order valence-electron chi connectivity index (χ0n) is 14.4. The van der Waals surface area contributed by atoms with Crippen LogP contribution < -0.4 is 10.6 Å². The van der Waals surface area contributed by atoms with E-state index in [2.05, 4.69) is 15.6 Å². The molecule has 0 spiro atoms. The van der Waals surface area contributed by atoms with Crippen LogP contribution in [-0.4, -0.2) is 30.1 Å². The summed E-state index contributed by atoms with van der Waals surface area (Å²) in [4.78, 5) is 16.9. The summed E-state index contributed by atoms with van der Waals surface area (Å²) in [6.45, 7) is 1.60. The number of fused-ring (bicyclic) bond motifs is 1. The highest BCUT2D eigenvalue weighted by Crippen LogP contribution is 2.18. The summed E-state index contributed by atoms with van der Waals surface area (Å²) < 4.78 is 5.37. The number of pyridine rings is 1. The molecule has 1 fully saturated rings. The van der Waals surface area contributed by atoms with Gasteiger partial charge in [-0.05, 0) is 55.3 Å². The second-order valence-corrected chi connectivity index (χ2v) is 6.45. The number of amides is 1. The second kappa shape index (κ2) is 7.54. The number of hydrogen-bond donors (Lipinski definition) is 2. The molecule has 2 heterocycles. The lowest BCUT2D eigenvalue weighted by Crippen LogP contribution is -2.27. The minimum absolute atomic E-state index is 0.162. The topological polar surface area (TPSA) is 63.2 Å². The summed E-state index contributed by atoms with van der Waals surface area (Å²) in [6, 6.07) is 19.6. The summed E-state index contributed by atoms with van der Waals surface area (Å²) in [5.74, 6) is 0.392. The van der Waals surface area contributed by atoms with Crippen LogP contribution in [0.25, 0.3) is 10.9 Å². The molecule has 1 aliphatic rings. The first kappa shape index (κ1) is 16.5. The summed E-state index contributed by atoms with van der Waals surface area (Å²) >= 11 is 0. The fourth-order valence-corrected chi connectivity index (χ4v) is 3.12. The van der Waals surface area contributed by atoms with Gasteiger partial charge in [-0.15, -0.1) is 0 Å². The van der Waals surface area contributed by atoms with Crippen LogP contribution >= 0.6 is 0 Å². The number of nitrogens with zero attached hydrogens (tertiary/aromatic N) is 1. The third kappa shape index (κ3) is 3.83. The van der Waals surface area contributed by atoms with Gasteiger partial charge in [-0.1, -0.05) is 18.2 Å². The maximum Gasteiger partial charge on any atom is 0.256 e. The molecular weight excluding hydrogens is 326 g/mol. The van der Waals surface area contributed by atoms with Gasteiger partial charge in [0.1, 0.15) is 5.82 Å². The molecule has 3 aromatic rings. The quantitative estimate of drug-likeness (QED) is 0.746. The maximum absolute atomic E-state index is 12.5. The van der Waals surface area contributed by atoms with Gasteiger partial charge in [0.2, 0.25) is 0 Å². The van der Waals surface area contributed by atoms with Crippen molar-refractivity contribution >= 4 is 28.3 Å². The molecule has 1 aliphatic heterocycles. The van der Waals surface area contributed by atoms with Crippen LogP contribution in [0.2, 0.25) is 0 Å². The number of ether oxygens (including phenoxy) is 1. The van der Waals surface area contributed by atoms with Crippen LogP contribution in [0, 0.1) is 0 Å². The molecule has 0 aliphatic carbocycles. The Kier molecular flexibility index (Phi) is 4.80. The fourth-order valence-electron chi connectivity index (χ4n) is 3.12. The number of aromatic nitrogens is 1. The van der Waals surface area contributed by atoms with Crippen molar-refractivity contribution in [3.63, 3.8) is 0 Å². The smallest absolute Gasteiger partial charge is 0.256 e. The van der Waals surface area contributed by atoms with Gasteiger partial charge in [0.25, 0.3) is 5.91 Å².